The molecule has 192 valence electrons. The molecule has 36 heavy (non-hydrogen) atoms. The number of aliphatic hydroxyl groups is 1. The fourth-order valence-electron chi connectivity index (χ4n) is 4.25. The van der Waals surface area contributed by atoms with Gasteiger partial charge < -0.3 is 20.3 Å². The van der Waals surface area contributed by atoms with E-state index in [2.05, 4.69) is 5.32 Å². The molecular formula is C29H33ClFNO4. The summed E-state index contributed by atoms with van der Waals surface area (Å²) in [6, 6.07) is 17.9. The van der Waals surface area contributed by atoms with Crippen LogP contribution in [0.3, 0.4) is 0 Å². The van der Waals surface area contributed by atoms with E-state index >= 15 is 0 Å². The molecule has 0 aliphatic rings. The van der Waals surface area contributed by atoms with E-state index in [1.165, 1.54) is 6.07 Å². The van der Waals surface area contributed by atoms with Gasteiger partial charge in [-0.15, -0.1) is 0 Å². The van der Waals surface area contributed by atoms with Crippen LogP contribution in [0.4, 0.5) is 4.39 Å². The number of carboxylic acids is 1. The van der Waals surface area contributed by atoms with E-state index in [0.29, 0.717) is 35.6 Å². The number of nitrogens with one attached hydrogen (secondary N) is 1. The number of carboxylic acid groups (broad SMARTS) is 1. The molecule has 1 atom stereocenters. The van der Waals surface area contributed by atoms with Crippen LogP contribution in [-0.4, -0.2) is 47.6 Å². The summed E-state index contributed by atoms with van der Waals surface area (Å²) in [6.07, 6.45) is 0.198. The van der Waals surface area contributed by atoms with Crippen molar-refractivity contribution < 1.29 is 24.1 Å². The fraction of sp³-hybridized carbons (Fsp3) is 0.345. The largest absolute Gasteiger partial charge is 0.478 e. The lowest BCUT2D eigenvalue weighted by Gasteiger charge is -2.28. The summed E-state index contributed by atoms with van der Waals surface area (Å²) < 4.78 is 19.9. The number of aliphatic hydroxyl groups excluding tert-OH is 1. The van der Waals surface area contributed by atoms with Crippen LogP contribution in [0.25, 0.3) is 11.1 Å². The molecule has 5 nitrogen and oxygen atoms in total. The molecule has 7 heteroatoms. The molecule has 0 fully saturated rings. The lowest BCUT2D eigenvalue weighted by Crippen LogP contribution is -2.46. The highest BCUT2D eigenvalue weighted by molar-refractivity contribution is 6.30. The molecule has 0 amide bonds. The molecule has 0 unspecified atom stereocenters. The summed E-state index contributed by atoms with van der Waals surface area (Å²) in [5.41, 5.74) is 3.99. The first kappa shape index (κ1) is 27.8. The Morgan fingerprint density at radius 1 is 1.14 bits per heavy atom. The summed E-state index contributed by atoms with van der Waals surface area (Å²) in [7, 11) is 0. The molecule has 3 rings (SSSR count). The second kappa shape index (κ2) is 12.5. The van der Waals surface area contributed by atoms with Crippen LogP contribution < -0.4 is 5.32 Å². The second-order valence-corrected chi connectivity index (χ2v) is 10.0. The van der Waals surface area contributed by atoms with Gasteiger partial charge in [-0.2, -0.15) is 0 Å². The highest BCUT2D eigenvalue weighted by atomic mass is 35.5. The number of hydrogen-bond acceptors (Lipinski definition) is 4. The zero-order chi connectivity index (χ0) is 26.3. The number of hydrogen-bond donors (Lipinski definition) is 3. The smallest absolute Gasteiger partial charge is 0.335 e. The summed E-state index contributed by atoms with van der Waals surface area (Å²) in [6.45, 7) is 6.44. The van der Waals surface area contributed by atoms with E-state index < -0.39 is 17.6 Å². The van der Waals surface area contributed by atoms with Crippen LogP contribution >= 0.6 is 11.6 Å². The summed E-state index contributed by atoms with van der Waals surface area (Å²) in [5.74, 6) is -1.31. The predicted octanol–water partition coefficient (Wildman–Crippen LogP) is 5.68. The Hall–Kier alpha value is -2.77. The van der Waals surface area contributed by atoms with Crippen molar-refractivity contribution in [2.45, 2.75) is 45.3 Å². The van der Waals surface area contributed by atoms with Crippen molar-refractivity contribution in [2.75, 3.05) is 19.8 Å². The maximum Gasteiger partial charge on any atom is 0.335 e. The van der Waals surface area contributed by atoms with Gasteiger partial charge in [-0.1, -0.05) is 54.1 Å². The molecule has 3 N–H and O–H groups in total. The minimum absolute atomic E-state index is 0.122. The zero-order valence-corrected chi connectivity index (χ0v) is 21.6. The number of aromatic carboxylic acids is 1. The van der Waals surface area contributed by atoms with Crippen LogP contribution in [0, 0.1) is 12.7 Å². The van der Waals surface area contributed by atoms with Gasteiger partial charge in [0.2, 0.25) is 0 Å². The molecule has 0 aliphatic carbocycles. The lowest BCUT2D eigenvalue weighted by molar-refractivity contribution is 0.0348. The normalized spacial score (nSPS) is 12.5. The van der Waals surface area contributed by atoms with Crippen molar-refractivity contribution in [3.8, 4) is 11.1 Å². The van der Waals surface area contributed by atoms with Gasteiger partial charge in [0.1, 0.15) is 5.82 Å². The van der Waals surface area contributed by atoms with Crippen LogP contribution in [0.1, 0.15) is 40.9 Å². The average Bonchev–Trinajstić information content (AvgIpc) is 2.83. The topological polar surface area (TPSA) is 78.8 Å². The molecule has 0 spiro atoms. The monoisotopic (exact) mass is 513 g/mol. The molecule has 0 heterocycles. The van der Waals surface area contributed by atoms with Gasteiger partial charge in [0.25, 0.3) is 0 Å². The Bertz CT molecular complexity index is 1180. The van der Waals surface area contributed by atoms with Gasteiger partial charge >= 0.3 is 5.97 Å². The molecule has 0 aliphatic heterocycles. The van der Waals surface area contributed by atoms with Crippen molar-refractivity contribution in [1.29, 1.82) is 0 Å². The molecule has 0 saturated heterocycles. The van der Waals surface area contributed by atoms with Crippen molar-refractivity contribution in [1.82, 2.24) is 5.32 Å². The highest BCUT2D eigenvalue weighted by Gasteiger charge is 2.21. The first-order chi connectivity index (χ1) is 17.1. The van der Waals surface area contributed by atoms with Gasteiger partial charge in [0.15, 0.2) is 0 Å². The molecule has 3 aromatic rings. The Balaban J connectivity index is 1.55. The Morgan fingerprint density at radius 3 is 2.53 bits per heavy atom. The molecular weight excluding hydrogens is 481 g/mol. The third-order valence-corrected chi connectivity index (χ3v) is 6.42. The van der Waals surface area contributed by atoms with E-state index in [1.54, 1.807) is 18.2 Å². The number of ether oxygens (including phenoxy) is 1. The van der Waals surface area contributed by atoms with E-state index in [9.17, 15) is 19.4 Å². The van der Waals surface area contributed by atoms with Crippen molar-refractivity contribution in [2.24, 2.45) is 0 Å². The van der Waals surface area contributed by atoms with E-state index in [-0.39, 0.29) is 24.5 Å². The predicted molar refractivity (Wildman–Crippen MR) is 141 cm³/mol. The van der Waals surface area contributed by atoms with Gasteiger partial charge in [0, 0.05) is 17.1 Å². The lowest BCUT2D eigenvalue weighted by atomic mass is 9.91. The summed E-state index contributed by atoms with van der Waals surface area (Å²) in [4.78, 5) is 11.6. The van der Waals surface area contributed by atoms with Crippen LogP contribution in [-0.2, 0) is 17.6 Å². The van der Waals surface area contributed by atoms with Crippen LogP contribution in [0.15, 0.2) is 60.7 Å². The molecule has 3 aromatic carbocycles. The second-order valence-electron chi connectivity index (χ2n) is 9.59. The fourth-order valence-corrected chi connectivity index (χ4v) is 4.41. The van der Waals surface area contributed by atoms with Gasteiger partial charge in [0.05, 0.1) is 24.9 Å². The number of rotatable bonds is 12. The molecule has 0 saturated carbocycles. The third-order valence-electron chi connectivity index (χ3n) is 6.18. The molecule has 0 bridgehead atoms. The molecule has 0 aromatic heterocycles. The maximum absolute atomic E-state index is 14.1. The van der Waals surface area contributed by atoms with Crippen LogP contribution in [0.5, 0.6) is 0 Å². The van der Waals surface area contributed by atoms with E-state index in [4.69, 9.17) is 16.3 Å². The number of β-amino-alcohol motifs (C(OH)–C–C–N with tert-alkyl or cyclic N) is 1. The van der Waals surface area contributed by atoms with Crippen molar-refractivity contribution >= 4 is 17.6 Å². The van der Waals surface area contributed by atoms with Gasteiger partial charge in [-0.05, 0) is 79.6 Å². The first-order valence-electron chi connectivity index (χ1n) is 11.9. The highest BCUT2D eigenvalue weighted by Crippen LogP contribution is 2.29. The zero-order valence-electron chi connectivity index (χ0n) is 20.9. The van der Waals surface area contributed by atoms with Crippen molar-refractivity contribution in [3.63, 3.8) is 0 Å². The number of carbonyl (C=O) groups is 1. The standard InChI is InChI=1S/C29H33ClFNO4/c1-19-24(26(12-11-25(19)28(34)35)20-7-5-4-6-8-20)13-14-36-18-23(33)17-32-29(2,3)16-21-9-10-22(30)15-27(21)31/h4-12,15,23,32-33H,13-14,16-18H2,1-3H3,(H,34,35)/t23-/m1/s1. The third kappa shape index (κ3) is 7.61. The maximum atomic E-state index is 14.1. The minimum Gasteiger partial charge on any atom is -0.478 e. The molecule has 0 radical (unpaired) electrons. The van der Waals surface area contributed by atoms with E-state index in [0.717, 1.165) is 16.7 Å². The SMILES string of the molecule is Cc1c(C(=O)O)ccc(-c2ccccc2)c1CCOC[C@H](O)CNC(C)(C)Cc1ccc(Cl)cc1F. The Morgan fingerprint density at radius 2 is 1.86 bits per heavy atom. The van der Waals surface area contributed by atoms with Crippen LogP contribution in [0.2, 0.25) is 5.02 Å². The quantitative estimate of drug-likeness (QED) is 0.271. The average molecular weight is 514 g/mol. The van der Waals surface area contributed by atoms with Gasteiger partial charge in [-0.3, -0.25) is 0 Å². The van der Waals surface area contributed by atoms with E-state index in [1.807, 2.05) is 57.2 Å². The van der Waals surface area contributed by atoms with Gasteiger partial charge in [-0.25, -0.2) is 9.18 Å². The summed E-state index contributed by atoms with van der Waals surface area (Å²) >= 11 is 5.83. The first-order valence-corrected chi connectivity index (χ1v) is 12.3. The Kier molecular flexibility index (Phi) is 9.63. The Labute approximate surface area is 216 Å². The van der Waals surface area contributed by atoms with Crippen molar-refractivity contribution in [3.05, 3.63) is 93.8 Å². The number of halogens is 2. The minimum atomic E-state index is -0.961. The number of benzene rings is 3. The summed E-state index contributed by atoms with van der Waals surface area (Å²) in [5, 5.41) is 23.6.